The van der Waals surface area contributed by atoms with Crippen LogP contribution in [0.15, 0.2) is 12.3 Å². The predicted molar refractivity (Wildman–Crippen MR) is 47.3 cm³/mol. The lowest BCUT2D eigenvalue weighted by molar-refractivity contribution is 0.106. The van der Waals surface area contributed by atoms with Crippen molar-refractivity contribution < 1.29 is 13.6 Å². The second-order valence-corrected chi connectivity index (χ2v) is 2.84. The third kappa shape index (κ3) is 2.05. The van der Waals surface area contributed by atoms with E-state index in [0.717, 1.165) is 6.07 Å². The summed E-state index contributed by atoms with van der Waals surface area (Å²) < 4.78 is 24.8. The van der Waals surface area contributed by atoms with E-state index in [4.69, 9.17) is 17.3 Å². The molecule has 0 unspecified atom stereocenters. The largest absolute Gasteiger partial charge is 0.325 e. The maximum Gasteiger partial charge on any atom is 0.264 e. The monoisotopic (exact) mass is 220 g/mol. The molecular formula is C8H7ClF2N2O. The normalized spacial score (nSPS) is 10.6. The van der Waals surface area contributed by atoms with Gasteiger partial charge in [0.15, 0.2) is 0 Å². The zero-order valence-corrected chi connectivity index (χ0v) is 7.76. The van der Waals surface area contributed by atoms with Gasteiger partial charge in [0.25, 0.3) is 11.7 Å². The molecule has 0 aliphatic rings. The first-order chi connectivity index (χ1) is 6.57. The van der Waals surface area contributed by atoms with Gasteiger partial charge in [-0.2, -0.15) is 0 Å². The average Bonchev–Trinajstić information content (AvgIpc) is 2.16. The van der Waals surface area contributed by atoms with Crippen molar-refractivity contribution in [3.63, 3.8) is 0 Å². The molecule has 0 aliphatic carbocycles. The number of hydrogen-bond acceptors (Lipinski definition) is 3. The Hall–Kier alpha value is -1.07. The summed E-state index contributed by atoms with van der Waals surface area (Å²) in [6, 6.07) is 1.06. The zero-order valence-electron chi connectivity index (χ0n) is 7.01. The van der Waals surface area contributed by atoms with Crippen molar-refractivity contribution in [3.8, 4) is 0 Å². The third-order valence-electron chi connectivity index (χ3n) is 1.69. The van der Waals surface area contributed by atoms with Crippen LogP contribution in [0.3, 0.4) is 0 Å². The summed E-state index contributed by atoms with van der Waals surface area (Å²) in [5, 5.41) is -0.964. The van der Waals surface area contributed by atoms with Crippen molar-refractivity contribution >= 4 is 16.8 Å². The Labute approximate surface area is 83.9 Å². The Morgan fingerprint density at radius 1 is 1.64 bits per heavy atom. The summed E-state index contributed by atoms with van der Waals surface area (Å²) in [5.74, 6) is 0. The molecule has 0 amide bonds. The molecule has 0 radical (unpaired) electrons. The fourth-order valence-electron chi connectivity index (χ4n) is 1.09. The highest BCUT2D eigenvalue weighted by molar-refractivity contribution is 6.68. The van der Waals surface area contributed by atoms with Crippen LogP contribution in [0.4, 0.5) is 8.78 Å². The molecule has 76 valence electrons. The average molecular weight is 221 g/mol. The summed E-state index contributed by atoms with van der Waals surface area (Å²) in [4.78, 5) is 14.6. The van der Waals surface area contributed by atoms with Gasteiger partial charge in [0, 0.05) is 18.3 Å². The number of aromatic nitrogens is 1. The number of nitrogens with zero attached hydrogens (tertiary/aromatic N) is 1. The highest BCUT2D eigenvalue weighted by Crippen LogP contribution is 2.25. The molecule has 3 nitrogen and oxygen atoms in total. The first kappa shape index (κ1) is 11.0. The van der Waals surface area contributed by atoms with E-state index in [1.54, 1.807) is 0 Å². The van der Waals surface area contributed by atoms with Gasteiger partial charge in [-0.05, 0) is 17.7 Å². The van der Waals surface area contributed by atoms with Crippen molar-refractivity contribution in [2.24, 2.45) is 5.73 Å². The van der Waals surface area contributed by atoms with Crippen molar-refractivity contribution in [1.29, 1.82) is 0 Å². The van der Waals surface area contributed by atoms with E-state index >= 15 is 0 Å². The summed E-state index contributed by atoms with van der Waals surface area (Å²) in [6.45, 7) is -0.103. The molecule has 0 atom stereocenters. The molecule has 0 saturated heterocycles. The Balaban J connectivity index is 3.35. The van der Waals surface area contributed by atoms with Crippen molar-refractivity contribution in [2.75, 3.05) is 0 Å². The number of hydrogen-bond donors (Lipinski definition) is 1. The number of nitrogens with two attached hydrogens (primary N) is 1. The van der Waals surface area contributed by atoms with Crippen LogP contribution < -0.4 is 5.73 Å². The van der Waals surface area contributed by atoms with Crippen LogP contribution in [0.2, 0.25) is 0 Å². The molecule has 0 fully saturated rings. The quantitative estimate of drug-likeness (QED) is 0.791. The van der Waals surface area contributed by atoms with Gasteiger partial charge in [0.2, 0.25) is 0 Å². The van der Waals surface area contributed by atoms with E-state index < -0.39 is 17.2 Å². The molecule has 0 aromatic carbocycles. The lowest BCUT2D eigenvalue weighted by Crippen LogP contribution is -2.10. The lowest BCUT2D eigenvalue weighted by atomic mass is 10.1. The summed E-state index contributed by atoms with van der Waals surface area (Å²) in [6.07, 6.45) is -1.59. The molecule has 0 aliphatic heterocycles. The fourth-order valence-corrected chi connectivity index (χ4v) is 1.30. The van der Waals surface area contributed by atoms with E-state index in [1.807, 2.05) is 0 Å². The number of alkyl halides is 2. The van der Waals surface area contributed by atoms with Gasteiger partial charge in [-0.1, -0.05) is 0 Å². The smallest absolute Gasteiger partial charge is 0.264 e. The van der Waals surface area contributed by atoms with Crippen LogP contribution in [-0.4, -0.2) is 10.2 Å². The summed E-state index contributed by atoms with van der Waals surface area (Å²) >= 11 is 5.17. The minimum Gasteiger partial charge on any atom is -0.325 e. The second kappa shape index (κ2) is 4.43. The molecule has 0 bridgehead atoms. The minimum absolute atomic E-state index is 0.0859. The van der Waals surface area contributed by atoms with Crippen LogP contribution in [0, 0.1) is 0 Å². The van der Waals surface area contributed by atoms with Crippen LogP contribution in [0.5, 0.6) is 0 Å². The SMILES string of the molecule is NCc1nccc(C(F)F)c1C(=O)Cl. The van der Waals surface area contributed by atoms with Crippen LogP contribution in [-0.2, 0) is 6.54 Å². The standard InChI is InChI=1S/C8H7ClF2N2O/c9-7(14)6-4(8(10)11)1-2-13-5(6)3-12/h1-2,8H,3,12H2. The van der Waals surface area contributed by atoms with Crippen LogP contribution in [0.1, 0.15) is 28.0 Å². The van der Waals surface area contributed by atoms with E-state index in [9.17, 15) is 13.6 Å². The minimum atomic E-state index is -2.76. The van der Waals surface area contributed by atoms with E-state index in [1.165, 1.54) is 6.20 Å². The van der Waals surface area contributed by atoms with Crippen molar-refractivity contribution in [2.45, 2.75) is 13.0 Å². The first-order valence-electron chi connectivity index (χ1n) is 3.73. The lowest BCUT2D eigenvalue weighted by Gasteiger charge is -2.07. The molecule has 1 aromatic heterocycles. The molecule has 1 aromatic rings. The molecule has 14 heavy (non-hydrogen) atoms. The van der Waals surface area contributed by atoms with Gasteiger partial charge < -0.3 is 5.73 Å². The number of rotatable bonds is 3. The van der Waals surface area contributed by atoms with Gasteiger partial charge >= 0.3 is 0 Å². The number of pyridine rings is 1. The van der Waals surface area contributed by atoms with Gasteiger partial charge in [0.05, 0.1) is 11.3 Å². The fraction of sp³-hybridized carbons (Fsp3) is 0.250. The highest BCUT2D eigenvalue weighted by atomic mass is 35.5. The maximum atomic E-state index is 12.4. The molecule has 0 saturated carbocycles. The second-order valence-electron chi connectivity index (χ2n) is 2.50. The number of halogens is 3. The van der Waals surface area contributed by atoms with E-state index in [-0.39, 0.29) is 17.8 Å². The zero-order chi connectivity index (χ0) is 10.7. The van der Waals surface area contributed by atoms with Crippen LogP contribution >= 0.6 is 11.6 Å². The molecular weight excluding hydrogens is 214 g/mol. The van der Waals surface area contributed by atoms with E-state index in [2.05, 4.69) is 4.98 Å². The topological polar surface area (TPSA) is 56.0 Å². The Kier molecular flexibility index (Phi) is 3.49. The number of carbonyl (C=O) groups is 1. The highest BCUT2D eigenvalue weighted by Gasteiger charge is 2.20. The molecule has 2 N–H and O–H groups in total. The Morgan fingerprint density at radius 3 is 2.71 bits per heavy atom. The van der Waals surface area contributed by atoms with Crippen LogP contribution in [0.25, 0.3) is 0 Å². The van der Waals surface area contributed by atoms with Crippen molar-refractivity contribution in [1.82, 2.24) is 4.98 Å². The number of carbonyl (C=O) groups excluding carboxylic acids is 1. The van der Waals surface area contributed by atoms with Gasteiger partial charge in [0.1, 0.15) is 0 Å². The third-order valence-corrected chi connectivity index (χ3v) is 1.88. The van der Waals surface area contributed by atoms with Gasteiger partial charge in [-0.15, -0.1) is 0 Å². The summed E-state index contributed by atoms with van der Waals surface area (Å²) in [7, 11) is 0. The maximum absolute atomic E-state index is 12.4. The summed E-state index contributed by atoms with van der Waals surface area (Å²) in [5.41, 5.74) is 4.61. The van der Waals surface area contributed by atoms with E-state index in [0.29, 0.717) is 0 Å². The predicted octanol–water partition coefficient (Wildman–Crippen LogP) is 1.86. The van der Waals surface area contributed by atoms with Gasteiger partial charge in [-0.3, -0.25) is 9.78 Å². The Bertz CT molecular complexity index is 357. The first-order valence-corrected chi connectivity index (χ1v) is 4.11. The molecule has 1 heterocycles. The molecule has 0 spiro atoms. The van der Waals surface area contributed by atoms with Crippen molar-refractivity contribution in [3.05, 3.63) is 29.1 Å². The van der Waals surface area contributed by atoms with Gasteiger partial charge in [-0.25, -0.2) is 8.78 Å². The Morgan fingerprint density at radius 2 is 2.29 bits per heavy atom. The molecule has 1 rings (SSSR count). The molecule has 6 heteroatoms.